The third-order valence-corrected chi connectivity index (χ3v) is 3.21. The van der Waals surface area contributed by atoms with Crippen LogP contribution in [0.2, 0.25) is 0 Å². The first kappa shape index (κ1) is 12.6. The molecule has 15 heavy (non-hydrogen) atoms. The van der Waals surface area contributed by atoms with Gasteiger partial charge in [0.1, 0.15) is 0 Å². The Morgan fingerprint density at radius 3 is 2.80 bits per heavy atom. The number of aromatic nitrogens is 2. The molecule has 0 fully saturated rings. The predicted molar refractivity (Wildman–Crippen MR) is 65.2 cm³/mol. The molecule has 0 aliphatic carbocycles. The zero-order valence-corrected chi connectivity index (χ0v) is 10.7. The second-order valence-corrected chi connectivity index (χ2v) is 4.79. The second kappa shape index (κ2) is 6.16. The lowest BCUT2D eigenvalue weighted by molar-refractivity contribution is 0.420. The fourth-order valence-electron chi connectivity index (χ4n) is 1.78. The maximum atomic E-state index is 6.15. The van der Waals surface area contributed by atoms with Gasteiger partial charge in [-0.2, -0.15) is 5.10 Å². The molecular formula is C12H21ClN2. The molecule has 86 valence electrons. The highest BCUT2D eigenvalue weighted by Gasteiger charge is 2.09. The van der Waals surface area contributed by atoms with E-state index in [2.05, 4.69) is 32.1 Å². The number of rotatable bonds is 6. The van der Waals surface area contributed by atoms with Gasteiger partial charge in [0, 0.05) is 18.3 Å². The summed E-state index contributed by atoms with van der Waals surface area (Å²) in [5, 5.41) is 4.45. The number of halogens is 1. The summed E-state index contributed by atoms with van der Waals surface area (Å²) >= 11 is 6.15. The summed E-state index contributed by atoms with van der Waals surface area (Å²) in [6.45, 7) is 7.58. The highest BCUT2D eigenvalue weighted by Crippen LogP contribution is 2.23. The van der Waals surface area contributed by atoms with E-state index in [1.807, 2.05) is 10.9 Å². The van der Waals surface area contributed by atoms with Gasteiger partial charge in [-0.1, -0.05) is 27.2 Å². The molecule has 0 amide bonds. The van der Waals surface area contributed by atoms with Crippen molar-refractivity contribution in [1.82, 2.24) is 9.78 Å². The summed E-state index contributed by atoms with van der Waals surface area (Å²) in [5.74, 6) is 0.693. The molecule has 0 aliphatic heterocycles. The number of hydrogen-bond donors (Lipinski definition) is 0. The molecule has 0 saturated carbocycles. The molecule has 2 unspecified atom stereocenters. The highest BCUT2D eigenvalue weighted by atomic mass is 35.5. The van der Waals surface area contributed by atoms with Crippen LogP contribution in [0.1, 0.15) is 51.0 Å². The molecule has 2 atom stereocenters. The number of nitrogens with zero attached hydrogens (tertiary/aromatic N) is 2. The van der Waals surface area contributed by atoms with Gasteiger partial charge in [0.2, 0.25) is 0 Å². The van der Waals surface area contributed by atoms with Gasteiger partial charge < -0.3 is 0 Å². The van der Waals surface area contributed by atoms with Gasteiger partial charge in [-0.15, -0.1) is 11.6 Å². The Hall–Kier alpha value is -0.500. The normalized spacial score (nSPS) is 15.2. The lowest BCUT2D eigenvalue weighted by atomic mass is 10.1. The van der Waals surface area contributed by atoms with Gasteiger partial charge in [-0.3, -0.25) is 4.68 Å². The van der Waals surface area contributed by atoms with Gasteiger partial charge in [0.15, 0.2) is 0 Å². The Morgan fingerprint density at radius 1 is 1.47 bits per heavy atom. The molecule has 3 heteroatoms. The van der Waals surface area contributed by atoms with E-state index in [-0.39, 0.29) is 5.38 Å². The van der Waals surface area contributed by atoms with Crippen LogP contribution in [-0.4, -0.2) is 9.78 Å². The maximum Gasteiger partial charge on any atom is 0.0613 e. The lowest BCUT2D eigenvalue weighted by Crippen LogP contribution is -2.07. The van der Waals surface area contributed by atoms with Crippen LogP contribution in [0.4, 0.5) is 0 Å². The minimum Gasteiger partial charge on any atom is -0.272 e. The van der Waals surface area contributed by atoms with Crippen LogP contribution in [0.15, 0.2) is 12.4 Å². The largest absolute Gasteiger partial charge is 0.272 e. The van der Waals surface area contributed by atoms with Crippen molar-refractivity contribution >= 4 is 11.6 Å². The van der Waals surface area contributed by atoms with Crippen molar-refractivity contribution < 1.29 is 0 Å². The quantitative estimate of drug-likeness (QED) is 0.673. The van der Waals surface area contributed by atoms with E-state index in [4.69, 9.17) is 11.6 Å². The van der Waals surface area contributed by atoms with Crippen molar-refractivity contribution in [2.45, 2.75) is 52.0 Å². The Kier molecular flexibility index (Phi) is 5.16. The fourth-order valence-corrected chi connectivity index (χ4v) is 1.89. The zero-order valence-electron chi connectivity index (χ0n) is 9.91. The molecule has 0 bridgehead atoms. The summed E-state index contributed by atoms with van der Waals surface area (Å²) in [6.07, 6.45) is 7.42. The van der Waals surface area contributed by atoms with E-state index >= 15 is 0 Å². The molecule has 1 heterocycles. The summed E-state index contributed by atoms with van der Waals surface area (Å²) in [6, 6.07) is 0. The Balaban J connectivity index is 2.52. The summed E-state index contributed by atoms with van der Waals surface area (Å²) < 4.78 is 2.01. The molecule has 1 aromatic heterocycles. The Bertz CT molecular complexity index is 283. The average Bonchev–Trinajstić information content (AvgIpc) is 2.65. The number of alkyl halides is 1. The third-order valence-electron chi connectivity index (χ3n) is 2.65. The minimum atomic E-state index is 0.111. The average molecular weight is 229 g/mol. The standard InChI is InChI=1S/C12H21ClN2/c1-4-6-10(3)8-15-9-11(7-14-15)12(13)5-2/h7,9-10,12H,4-6,8H2,1-3H3. The smallest absolute Gasteiger partial charge is 0.0613 e. The summed E-state index contributed by atoms with van der Waals surface area (Å²) in [7, 11) is 0. The van der Waals surface area contributed by atoms with E-state index in [0.717, 1.165) is 18.5 Å². The molecule has 1 aromatic rings. The van der Waals surface area contributed by atoms with E-state index in [9.17, 15) is 0 Å². The Morgan fingerprint density at radius 2 is 2.20 bits per heavy atom. The van der Waals surface area contributed by atoms with Crippen molar-refractivity contribution in [2.75, 3.05) is 0 Å². The SMILES string of the molecule is CCCC(C)Cn1cc(C(Cl)CC)cn1. The van der Waals surface area contributed by atoms with E-state index < -0.39 is 0 Å². The van der Waals surface area contributed by atoms with Crippen molar-refractivity contribution in [1.29, 1.82) is 0 Å². The zero-order chi connectivity index (χ0) is 11.3. The molecule has 0 saturated heterocycles. The minimum absolute atomic E-state index is 0.111. The molecule has 0 N–H and O–H groups in total. The van der Waals surface area contributed by atoms with Crippen LogP contribution in [0.25, 0.3) is 0 Å². The summed E-state index contributed by atoms with van der Waals surface area (Å²) in [4.78, 5) is 0. The van der Waals surface area contributed by atoms with E-state index in [0.29, 0.717) is 5.92 Å². The van der Waals surface area contributed by atoms with Crippen molar-refractivity contribution in [3.05, 3.63) is 18.0 Å². The molecule has 0 spiro atoms. The van der Waals surface area contributed by atoms with Crippen LogP contribution in [-0.2, 0) is 6.54 Å². The van der Waals surface area contributed by atoms with Crippen molar-refractivity contribution in [2.24, 2.45) is 5.92 Å². The number of hydrogen-bond acceptors (Lipinski definition) is 1. The van der Waals surface area contributed by atoms with Gasteiger partial charge in [0.05, 0.1) is 11.6 Å². The first-order valence-corrected chi connectivity index (χ1v) is 6.27. The van der Waals surface area contributed by atoms with E-state index in [1.54, 1.807) is 0 Å². The first-order valence-electron chi connectivity index (χ1n) is 5.83. The predicted octanol–water partition coefficient (Wildman–Crippen LogP) is 4.01. The van der Waals surface area contributed by atoms with Crippen molar-refractivity contribution in [3.63, 3.8) is 0 Å². The highest BCUT2D eigenvalue weighted by molar-refractivity contribution is 6.20. The van der Waals surface area contributed by atoms with Crippen molar-refractivity contribution in [3.8, 4) is 0 Å². The molecule has 0 aliphatic rings. The molecule has 2 nitrogen and oxygen atoms in total. The monoisotopic (exact) mass is 228 g/mol. The van der Waals surface area contributed by atoms with Crippen LogP contribution >= 0.6 is 11.6 Å². The Labute approximate surface area is 97.6 Å². The molecular weight excluding hydrogens is 208 g/mol. The lowest BCUT2D eigenvalue weighted by Gasteiger charge is -2.09. The van der Waals surface area contributed by atoms with E-state index in [1.165, 1.54) is 12.8 Å². The van der Waals surface area contributed by atoms with Crippen LogP contribution in [0, 0.1) is 5.92 Å². The fraction of sp³-hybridized carbons (Fsp3) is 0.750. The van der Waals surface area contributed by atoms with Crippen LogP contribution < -0.4 is 0 Å². The topological polar surface area (TPSA) is 17.8 Å². The van der Waals surface area contributed by atoms with Gasteiger partial charge in [-0.25, -0.2) is 0 Å². The maximum absolute atomic E-state index is 6.15. The van der Waals surface area contributed by atoms with Crippen LogP contribution in [0.5, 0.6) is 0 Å². The second-order valence-electron chi connectivity index (χ2n) is 4.27. The molecule has 1 rings (SSSR count). The van der Waals surface area contributed by atoms with Crippen LogP contribution in [0.3, 0.4) is 0 Å². The van der Waals surface area contributed by atoms with Gasteiger partial charge in [0.25, 0.3) is 0 Å². The van der Waals surface area contributed by atoms with Gasteiger partial charge >= 0.3 is 0 Å². The first-order chi connectivity index (χ1) is 7.17. The van der Waals surface area contributed by atoms with Gasteiger partial charge in [-0.05, 0) is 18.8 Å². The summed E-state index contributed by atoms with van der Waals surface area (Å²) in [5.41, 5.74) is 1.14. The third kappa shape index (κ3) is 3.86. The molecule has 0 aromatic carbocycles. The molecule has 0 radical (unpaired) electrons.